The van der Waals surface area contributed by atoms with Crippen LogP contribution in [-0.4, -0.2) is 63.7 Å². The summed E-state index contributed by atoms with van der Waals surface area (Å²) in [4.78, 5) is 18.3. The third-order valence-corrected chi connectivity index (χ3v) is 4.30. The SMILES string of the molecule is CCNC(=NCC(OC)C(C)(C)C)NCCc1cccc(C(=O)N(C)C)c1. The van der Waals surface area contributed by atoms with E-state index in [1.807, 2.05) is 31.2 Å². The number of aliphatic imine (C=N–C) groups is 1. The van der Waals surface area contributed by atoms with Gasteiger partial charge in [0.25, 0.3) is 5.91 Å². The van der Waals surface area contributed by atoms with Crippen LogP contribution in [0.4, 0.5) is 0 Å². The van der Waals surface area contributed by atoms with Crippen LogP contribution in [0.25, 0.3) is 0 Å². The zero-order valence-electron chi connectivity index (χ0n) is 17.9. The molecule has 0 spiro atoms. The largest absolute Gasteiger partial charge is 0.379 e. The molecule has 0 aliphatic rings. The molecule has 0 aromatic heterocycles. The standard InChI is InChI=1S/C21H36N4O2/c1-8-22-20(24-15-18(27-7)21(2,3)4)23-13-12-16-10-9-11-17(14-16)19(26)25(5)6/h9-11,14,18H,8,12-13,15H2,1-7H3,(H2,22,23,24). The van der Waals surface area contributed by atoms with Crippen LogP contribution in [0.15, 0.2) is 29.3 Å². The van der Waals surface area contributed by atoms with Crippen LogP contribution in [0.1, 0.15) is 43.6 Å². The fourth-order valence-electron chi connectivity index (χ4n) is 2.66. The number of guanidine groups is 1. The van der Waals surface area contributed by atoms with Gasteiger partial charge in [-0.2, -0.15) is 0 Å². The van der Waals surface area contributed by atoms with E-state index in [1.54, 1.807) is 26.1 Å². The summed E-state index contributed by atoms with van der Waals surface area (Å²) in [5.74, 6) is 0.803. The lowest BCUT2D eigenvalue weighted by Gasteiger charge is -2.28. The number of rotatable bonds is 8. The second kappa shape index (κ2) is 10.9. The molecule has 6 nitrogen and oxygen atoms in total. The smallest absolute Gasteiger partial charge is 0.253 e. The maximum atomic E-state index is 12.1. The van der Waals surface area contributed by atoms with Crippen LogP contribution in [0, 0.1) is 5.41 Å². The minimum atomic E-state index is 0.0208. The van der Waals surface area contributed by atoms with Crippen LogP contribution >= 0.6 is 0 Å². The zero-order valence-corrected chi connectivity index (χ0v) is 17.9. The van der Waals surface area contributed by atoms with Gasteiger partial charge in [0, 0.05) is 39.9 Å². The van der Waals surface area contributed by atoms with Crippen molar-refractivity contribution >= 4 is 11.9 Å². The van der Waals surface area contributed by atoms with Gasteiger partial charge in [0.15, 0.2) is 5.96 Å². The van der Waals surface area contributed by atoms with Crippen molar-refractivity contribution in [2.75, 3.05) is 40.8 Å². The Morgan fingerprint density at radius 2 is 1.96 bits per heavy atom. The lowest BCUT2D eigenvalue weighted by atomic mass is 9.89. The lowest BCUT2D eigenvalue weighted by molar-refractivity contribution is 0.0241. The van der Waals surface area contributed by atoms with Gasteiger partial charge in [-0.1, -0.05) is 32.9 Å². The molecule has 0 heterocycles. The van der Waals surface area contributed by atoms with E-state index in [0.29, 0.717) is 12.1 Å². The van der Waals surface area contributed by atoms with Crippen LogP contribution in [0.3, 0.4) is 0 Å². The van der Waals surface area contributed by atoms with Crippen molar-refractivity contribution in [1.82, 2.24) is 15.5 Å². The highest BCUT2D eigenvalue weighted by Gasteiger charge is 2.24. The summed E-state index contributed by atoms with van der Waals surface area (Å²) in [7, 11) is 5.26. The number of nitrogens with zero attached hydrogens (tertiary/aromatic N) is 2. The van der Waals surface area contributed by atoms with Gasteiger partial charge in [-0.15, -0.1) is 0 Å². The number of ether oxygens (including phenoxy) is 1. The van der Waals surface area contributed by atoms with Crippen molar-refractivity contribution in [1.29, 1.82) is 0 Å². The molecule has 0 aliphatic carbocycles. The summed E-state index contributed by atoms with van der Waals surface area (Å²) < 4.78 is 5.57. The van der Waals surface area contributed by atoms with Gasteiger partial charge in [-0.25, -0.2) is 0 Å². The van der Waals surface area contributed by atoms with Crippen LogP contribution in [0.5, 0.6) is 0 Å². The van der Waals surface area contributed by atoms with E-state index < -0.39 is 0 Å². The van der Waals surface area contributed by atoms with E-state index in [-0.39, 0.29) is 17.4 Å². The quantitative estimate of drug-likeness (QED) is 0.541. The Bertz CT molecular complexity index is 621. The molecule has 1 atom stereocenters. The van der Waals surface area contributed by atoms with Gasteiger partial charge in [-0.3, -0.25) is 9.79 Å². The molecule has 152 valence electrons. The maximum absolute atomic E-state index is 12.1. The fourth-order valence-corrected chi connectivity index (χ4v) is 2.66. The first kappa shape index (κ1) is 23.0. The summed E-state index contributed by atoms with van der Waals surface area (Å²) >= 11 is 0. The Morgan fingerprint density at radius 1 is 1.26 bits per heavy atom. The van der Waals surface area contributed by atoms with Crippen molar-refractivity contribution in [2.24, 2.45) is 10.4 Å². The number of benzene rings is 1. The molecule has 0 saturated carbocycles. The van der Waals surface area contributed by atoms with Gasteiger partial charge in [0.05, 0.1) is 12.6 Å². The van der Waals surface area contributed by atoms with E-state index in [2.05, 4.69) is 36.4 Å². The average Bonchev–Trinajstić information content (AvgIpc) is 2.60. The predicted octanol–water partition coefficient (Wildman–Crippen LogP) is 2.55. The Balaban J connectivity index is 2.66. The molecule has 1 rings (SSSR count). The maximum Gasteiger partial charge on any atom is 0.253 e. The summed E-state index contributed by atoms with van der Waals surface area (Å²) in [5, 5.41) is 6.63. The van der Waals surface area contributed by atoms with E-state index >= 15 is 0 Å². The first-order valence-electron chi connectivity index (χ1n) is 9.54. The van der Waals surface area contributed by atoms with Crippen LogP contribution < -0.4 is 10.6 Å². The second-order valence-electron chi connectivity index (χ2n) is 7.89. The second-order valence-corrected chi connectivity index (χ2v) is 7.89. The normalized spacial score (nSPS) is 13.2. The Morgan fingerprint density at radius 3 is 2.52 bits per heavy atom. The van der Waals surface area contributed by atoms with Gasteiger partial charge < -0.3 is 20.3 Å². The van der Waals surface area contributed by atoms with E-state index in [1.165, 1.54) is 0 Å². The summed E-state index contributed by atoms with van der Waals surface area (Å²) in [6.45, 7) is 10.6. The van der Waals surface area contributed by atoms with Crippen LogP contribution in [0.2, 0.25) is 0 Å². The van der Waals surface area contributed by atoms with Crippen molar-refractivity contribution < 1.29 is 9.53 Å². The number of nitrogens with one attached hydrogen (secondary N) is 2. The molecule has 27 heavy (non-hydrogen) atoms. The lowest BCUT2D eigenvalue weighted by Crippen LogP contribution is -2.40. The summed E-state index contributed by atoms with van der Waals surface area (Å²) in [6, 6.07) is 7.77. The highest BCUT2D eigenvalue weighted by molar-refractivity contribution is 5.94. The highest BCUT2D eigenvalue weighted by atomic mass is 16.5. The monoisotopic (exact) mass is 376 g/mol. The molecular formula is C21H36N4O2. The van der Waals surface area contributed by atoms with Gasteiger partial charge in [-0.05, 0) is 36.5 Å². The molecule has 0 fully saturated rings. The van der Waals surface area contributed by atoms with Crippen LogP contribution in [-0.2, 0) is 11.2 Å². The zero-order chi connectivity index (χ0) is 20.4. The number of hydrogen-bond acceptors (Lipinski definition) is 3. The minimum Gasteiger partial charge on any atom is -0.379 e. The molecule has 1 aromatic rings. The molecule has 0 bridgehead atoms. The van der Waals surface area contributed by atoms with Crippen molar-refractivity contribution in [3.63, 3.8) is 0 Å². The van der Waals surface area contributed by atoms with Gasteiger partial charge in [0.1, 0.15) is 0 Å². The molecule has 0 radical (unpaired) electrons. The molecule has 6 heteroatoms. The summed E-state index contributed by atoms with van der Waals surface area (Å²) in [6.07, 6.45) is 0.869. The Hall–Kier alpha value is -2.08. The highest BCUT2D eigenvalue weighted by Crippen LogP contribution is 2.21. The fraction of sp³-hybridized carbons (Fsp3) is 0.619. The van der Waals surface area contributed by atoms with Gasteiger partial charge in [0.2, 0.25) is 0 Å². The Kier molecular flexibility index (Phi) is 9.29. The van der Waals surface area contributed by atoms with E-state index in [0.717, 1.165) is 31.0 Å². The summed E-state index contributed by atoms with van der Waals surface area (Å²) in [5.41, 5.74) is 1.87. The van der Waals surface area contributed by atoms with E-state index in [4.69, 9.17) is 4.74 Å². The minimum absolute atomic E-state index is 0.0208. The number of amides is 1. The molecule has 2 N–H and O–H groups in total. The molecule has 0 aliphatic heterocycles. The first-order valence-corrected chi connectivity index (χ1v) is 9.54. The molecule has 0 saturated heterocycles. The van der Waals surface area contributed by atoms with Crippen molar-refractivity contribution in [3.8, 4) is 0 Å². The van der Waals surface area contributed by atoms with E-state index in [9.17, 15) is 4.79 Å². The number of methoxy groups -OCH3 is 1. The number of carbonyl (C=O) groups excluding carboxylic acids is 1. The third-order valence-electron chi connectivity index (χ3n) is 4.30. The molecule has 1 unspecified atom stereocenters. The Labute approximate surface area is 164 Å². The van der Waals surface area contributed by atoms with Crippen molar-refractivity contribution in [2.45, 2.75) is 40.2 Å². The predicted molar refractivity (Wildman–Crippen MR) is 112 cm³/mol. The average molecular weight is 377 g/mol. The molecule has 1 amide bonds. The number of carbonyl (C=O) groups is 1. The third kappa shape index (κ3) is 7.99. The number of hydrogen-bond donors (Lipinski definition) is 2. The first-order chi connectivity index (χ1) is 12.7. The molecule has 1 aromatic carbocycles. The van der Waals surface area contributed by atoms with Crippen molar-refractivity contribution in [3.05, 3.63) is 35.4 Å². The van der Waals surface area contributed by atoms with Gasteiger partial charge >= 0.3 is 0 Å². The molecular weight excluding hydrogens is 340 g/mol. The topological polar surface area (TPSA) is 66.0 Å².